The first-order chi connectivity index (χ1) is 14.5. The van der Waals surface area contributed by atoms with Crippen LogP contribution in [0.1, 0.15) is 11.3 Å². The number of hydrogen-bond acceptors (Lipinski definition) is 4. The Hall–Kier alpha value is -2.70. The minimum atomic E-state index is -0.204. The van der Waals surface area contributed by atoms with Crippen LogP contribution in [0.5, 0.6) is 11.5 Å². The average Bonchev–Trinajstić information content (AvgIpc) is 3.16. The molecule has 0 radical (unpaired) electrons. The molecule has 2 aromatic carbocycles. The molecule has 30 heavy (non-hydrogen) atoms. The van der Waals surface area contributed by atoms with Crippen LogP contribution in [0.15, 0.2) is 69.6 Å². The summed E-state index contributed by atoms with van der Waals surface area (Å²) >= 11 is 9.72. The number of furan rings is 1. The van der Waals surface area contributed by atoms with Crippen LogP contribution in [0.2, 0.25) is 0 Å². The summed E-state index contributed by atoms with van der Waals surface area (Å²) in [4.78, 5) is 12.0. The zero-order valence-electron chi connectivity index (χ0n) is 16.6. The Morgan fingerprint density at radius 1 is 1.13 bits per heavy atom. The molecule has 0 aliphatic heterocycles. The number of benzene rings is 2. The molecule has 1 amide bonds. The van der Waals surface area contributed by atoms with Crippen molar-refractivity contribution in [2.24, 2.45) is 0 Å². The Kier molecular flexibility index (Phi) is 7.60. The molecule has 0 bridgehead atoms. The Labute approximate surface area is 188 Å². The van der Waals surface area contributed by atoms with Gasteiger partial charge in [0.05, 0.1) is 19.3 Å². The summed E-state index contributed by atoms with van der Waals surface area (Å²) < 4.78 is 17.2. The molecule has 0 atom stereocenters. The van der Waals surface area contributed by atoms with Crippen molar-refractivity contribution < 1.29 is 18.7 Å². The largest absolute Gasteiger partial charge is 0.493 e. The smallest absolute Gasteiger partial charge is 0.243 e. The highest BCUT2D eigenvalue weighted by Crippen LogP contribution is 2.29. The molecule has 0 spiro atoms. The fourth-order valence-electron chi connectivity index (χ4n) is 2.86. The Morgan fingerprint density at radius 2 is 1.93 bits per heavy atom. The van der Waals surface area contributed by atoms with Crippen LogP contribution in [0.3, 0.4) is 0 Å². The van der Waals surface area contributed by atoms with Crippen molar-refractivity contribution in [3.8, 4) is 11.5 Å². The van der Waals surface area contributed by atoms with Crippen LogP contribution in [-0.2, 0) is 11.2 Å². The van der Waals surface area contributed by atoms with Gasteiger partial charge in [0.25, 0.3) is 0 Å². The molecule has 1 heterocycles. The lowest BCUT2D eigenvalue weighted by Gasteiger charge is -2.09. The van der Waals surface area contributed by atoms with Crippen LogP contribution in [0.25, 0.3) is 16.0 Å². The van der Waals surface area contributed by atoms with E-state index in [2.05, 4.69) is 21.2 Å². The molecule has 0 aliphatic carbocycles. The van der Waals surface area contributed by atoms with Crippen molar-refractivity contribution in [3.05, 3.63) is 76.5 Å². The number of fused-ring (bicyclic) bond motifs is 1. The van der Waals surface area contributed by atoms with Gasteiger partial charge < -0.3 is 19.2 Å². The molecular formula is C23H21BrClNO4. The fourth-order valence-corrected chi connectivity index (χ4v) is 3.40. The molecule has 0 aliphatic rings. The first-order valence-electron chi connectivity index (χ1n) is 9.22. The fraction of sp³-hybridized carbons (Fsp3) is 0.174. The van der Waals surface area contributed by atoms with Gasteiger partial charge in [0.2, 0.25) is 5.91 Å². The summed E-state index contributed by atoms with van der Waals surface area (Å²) in [5.74, 6) is 1.68. The van der Waals surface area contributed by atoms with E-state index < -0.39 is 0 Å². The molecule has 5 nitrogen and oxygen atoms in total. The van der Waals surface area contributed by atoms with E-state index in [-0.39, 0.29) is 5.91 Å². The van der Waals surface area contributed by atoms with E-state index in [4.69, 9.17) is 25.5 Å². The van der Waals surface area contributed by atoms with Gasteiger partial charge in [-0.15, -0.1) is 0 Å². The lowest BCUT2D eigenvalue weighted by molar-refractivity contribution is -0.116. The van der Waals surface area contributed by atoms with E-state index >= 15 is 0 Å². The van der Waals surface area contributed by atoms with Crippen molar-refractivity contribution in [3.63, 3.8) is 0 Å². The van der Waals surface area contributed by atoms with Crippen LogP contribution >= 0.6 is 27.5 Å². The molecule has 0 saturated carbocycles. The summed E-state index contributed by atoms with van der Waals surface area (Å²) in [5.41, 5.74) is 1.79. The van der Waals surface area contributed by atoms with Gasteiger partial charge in [0.15, 0.2) is 11.5 Å². The Bertz CT molecular complexity index is 1100. The average molecular weight is 491 g/mol. The third-order valence-corrected chi connectivity index (χ3v) is 5.17. The third kappa shape index (κ3) is 5.68. The molecule has 1 aromatic heterocycles. The Balaban J connectivity index is 1.52. The number of carbonyl (C=O) groups is 1. The van der Waals surface area contributed by atoms with Crippen LogP contribution in [0.4, 0.5) is 0 Å². The highest BCUT2D eigenvalue weighted by atomic mass is 79.9. The zero-order chi connectivity index (χ0) is 21.5. The number of halogens is 2. The highest BCUT2D eigenvalue weighted by molar-refractivity contribution is 9.10. The number of nitrogens with one attached hydrogen (secondary N) is 1. The van der Waals surface area contributed by atoms with Crippen molar-refractivity contribution in [2.45, 2.75) is 6.42 Å². The molecule has 0 fully saturated rings. The van der Waals surface area contributed by atoms with Crippen molar-refractivity contribution in [1.82, 2.24) is 5.32 Å². The maximum absolute atomic E-state index is 12.0. The topological polar surface area (TPSA) is 60.7 Å². The zero-order valence-corrected chi connectivity index (χ0v) is 18.9. The normalized spacial score (nSPS) is 11.8. The predicted octanol–water partition coefficient (Wildman–Crippen LogP) is 5.71. The van der Waals surface area contributed by atoms with Crippen molar-refractivity contribution >= 4 is 49.4 Å². The summed E-state index contributed by atoms with van der Waals surface area (Å²) in [6.07, 6.45) is 5.32. The molecule has 0 unspecified atom stereocenters. The third-order valence-electron chi connectivity index (χ3n) is 4.36. The van der Waals surface area contributed by atoms with Gasteiger partial charge in [-0.3, -0.25) is 4.79 Å². The molecule has 156 valence electrons. The first kappa shape index (κ1) is 22.0. The second-order valence-electron chi connectivity index (χ2n) is 6.40. The number of hydrogen-bond donors (Lipinski definition) is 1. The number of rotatable bonds is 8. The summed E-state index contributed by atoms with van der Waals surface area (Å²) in [6.45, 7) is 0.495. The number of ether oxygens (including phenoxy) is 2. The van der Waals surface area contributed by atoms with Crippen LogP contribution < -0.4 is 14.8 Å². The standard InChI is InChI=1S/C23H21BrClNO4/c1-28-20-8-6-15(12-22(20)29-2)10-11-26-23(27)5-3-4-18(25)21-14-16-13-17(24)7-9-19(16)30-21/h3-9,12-14H,10-11H2,1-2H3,(H,26,27)/b5-3+,18-4-. The van der Waals surface area contributed by atoms with Crippen molar-refractivity contribution in [2.75, 3.05) is 20.8 Å². The Morgan fingerprint density at radius 3 is 2.70 bits per heavy atom. The first-order valence-corrected chi connectivity index (χ1v) is 10.4. The SMILES string of the molecule is COc1ccc(CCNC(=O)/C=C/C=C(\Cl)c2cc3cc(Br)ccc3o2)cc1OC. The van der Waals surface area contributed by atoms with E-state index in [1.807, 2.05) is 42.5 Å². The maximum atomic E-state index is 12.0. The number of allylic oxidation sites excluding steroid dienone is 2. The number of methoxy groups -OCH3 is 2. The van der Waals surface area contributed by atoms with E-state index in [1.54, 1.807) is 26.4 Å². The minimum Gasteiger partial charge on any atom is -0.493 e. The predicted molar refractivity (Wildman–Crippen MR) is 123 cm³/mol. The summed E-state index contributed by atoms with van der Waals surface area (Å²) in [5, 5.41) is 4.20. The van der Waals surface area contributed by atoms with Gasteiger partial charge in [-0.25, -0.2) is 0 Å². The molecule has 3 aromatic rings. The molecule has 1 N–H and O–H groups in total. The van der Waals surface area contributed by atoms with Gasteiger partial charge in [-0.2, -0.15) is 0 Å². The lowest BCUT2D eigenvalue weighted by atomic mass is 10.1. The monoisotopic (exact) mass is 489 g/mol. The van der Waals surface area contributed by atoms with E-state index in [1.165, 1.54) is 6.08 Å². The van der Waals surface area contributed by atoms with E-state index in [9.17, 15) is 4.79 Å². The molecule has 0 saturated heterocycles. The van der Waals surface area contributed by atoms with Gasteiger partial charge >= 0.3 is 0 Å². The number of amides is 1. The highest BCUT2D eigenvalue weighted by Gasteiger charge is 2.07. The van der Waals surface area contributed by atoms with E-state index in [0.717, 1.165) is 21.0 Å². The molecule has 7 heteroatoms. The van der Waals surface area contributed by atoms with Gasteiger partial charge in [-0.1, -0.05) is 39.7 Å². The van der Waals surface area contributed by atoms with Gasteiger partial charge in [0.1, 0.15) is 11.3 Å². The second-order valence-corrected chi connectivity index (χ2v) is 7.72. The van der Waals surface area contributed by atoms with Gasteiger partial charge in [0, 0.05) is 22.5 Å². The minimum absolute atomic E-state index is 0.204. The summed E-state index contributed by atoms with van der Waals surface area (Å²) in [7, 11) is 3.19. The lowest BCUT2D eigenvalue weighted by Crippen LogP contribution is -2.23. The number of carbonyl (C=O) groups excluding carboxylic acids is 1. The van der Waals surface area contributed by atoms with Crippen LogP contribution in [-0.4, -0.2) is 26.7 Å². The quantitative estimate of drug-likeness (QED) is 0.325. The molecule has 3 rings (SSSR count). The van der Waals surface area contributed by atoms with Gasteiger partial charge in [-0.05, 0) is 54.5 Å². The maximum Gasteiger partial charge on any atom is 0.243 e. The van der Waals surface area contributed by atoms with E-state index in [0.29, 0.717) is 35.3 Å². The second kappa shape index (κ2) is 10.4. The van der Waals surface area contributed by atoms with Crippen molar-refractivity contribution in [1.29, 1.82) is 0 Å². The molecular weight excluding hydrogens is 470 g/mol. The summed E-state index contributed by atoms with van der Waals surface area (Å²) in [6, 6.07) is 13.3. The van der Waals surface area contributed by atoms with Crippen LogP contribution in [0, 0.1) is 0 Å².